The second-order valence-electron chi connectivity index (χ2n) is 5.54. The Bertz CT molecular complexity index is 472. The Labute approximate surface area is 135 Å². The minimum atomic E-state index is 1.11. The van der Waals surface area contributed by atoms with Crippen molar-refractivity contribution in [3.8, 4) is 11.1 Å². The van der Waals surface area contributed by atoms with Crippen LogP contribution in [0.3, 0.4) is 0 Å². The molecule has 1 nitrogen and oxygen atoms in total. The average molecular weight is 296 g/mol. The molecule has 0 radical (unpaired) electrons. The molecular formula is C21H28O. The van der Waals surface area contributed by atoms with Crippen molar-refractivity contribution < 1.29 is 4.79 Å². The van der Waals surface area contributed by atoms with Gasteiger partial charge in [-0.3, -0.25) is 0 Å². The second kappa shape index (κ2) is 11.7. The van der Waals surface area contributed by atoms with Crippen LogP contribution in [0, 0.1) is 0 Å². The zero-order valence-electron chi connectivity index (χ0n) is 13.8. The summed E-state index contributed by atoms with van der Waals surface area (Å²) in [6.45, 7) is 4.18. The number of hydrogen-bond donors (Lipinski definition) is 0. The first kappa shape index (κ1) is 18.2. The van der Waals surface area contributed by atoms with E-state index in [0.29, 0.717) is 0 Å². The van der Waals surface area contributed by atoms with Gasteiger partial charge in [0, 0.05) is 0 Å². The first-order valence-electron chi connectivity index (χ1n) is 8.33. The van der Waals surface area contributed by atoms with Gasteiger partial charge < -0.3 is 4.79 Å². The maximum absolute atomic E-state index is 8.00. The van der Waals surface area contributed by atoms with Gasteiger partial charge in [0.05, 0.1) is 0 Å². The van der Waals surface area contributed by atoms with Crippen LogP contribution in [0.5, 0.6) is 0 Å². The molecule has 0 bridgehead atoms. The molecule has 0 unspecified atom stereocenters. The lowest BCUT2D eigenvalue weighted by atomic mass is 10.0. The summed E-state index contributed by atoms with van der Waals surface area (Å²) in [5, 5.41) is 0. The quantitative estimate of drug-likeness (QED) is 0.657. The minimum Gasteiger partial charge on any atom is -0.307 e. The Kier molecular flexibility index (Phi) is 9.69. The number of benzene rings is 2. The van der Waals surface area contributed by atoms with Crippen LogP contribution in [0.2, 0.25) is 0 Å². The van der Waals surface area contributed by atoms with Gasteiger partial charge in [0.15, 0.2) is 0 Å². The highest BCUT2D eigenvalue weighted by atomic mass is 16.1. The zero-order chi connectivity index (χ0) is 16.0. The SMILES string of the molecule is C1CCCCC1.C=O.CCc1ccc(-c2ccccc2)cc1. The number of hydrogen-bond acceptors (Lipinski definition) is 1. The largest absolute Gasteiger partial charge is 0.307 e. The fourth-order valence-corrected chi connectivity index (χ4v) is 2.62. The van der Waals surface area contributed by atoms with E-state index < -0.39 is 0 Å². The molecule has 0 saturated heterocycles. The molecule has 22 heavy (non-hydrogen) atoms. The van der Waals surface area contributed by atoms with Crippen LogP contribution in [0.25, 0.3) is 11.1 Å². The van der Waals surface area contributed by atoms with Crippen molar-refractivity contribution in [1.82, 2.24) is 0 Å². The van der Waals surface area contributed by atoms with Crippen molar-refractivity contribution >= 4 is 6.79 Å². The highest BCUT2D eigenvalue weighted by Crippen LogP contribution is 2.19. The van der Waals surface area contributed by atoms with Crippen molar-refractivity contribution in [1.29, 1.82) is 0 Å². The van der Waals surface area contributed by atoms with Gasteiger partial charge in [0.2, 0.25) is 0 Å². The van der Waals surface area contributed by atoms with Gasteiger partial charge in [0.1, 0.15) is 6.79 Å². The van der Waals surface area contributed by atoms with Gasteiger partial charge in [-0.2, -0.15) is 0 Å². The van der Waals surface area contributed by atoms with E-state index in [0.717, 1.165) is 6.42 Å². The third kappa shape index (κ3) is 6.71. The Morgan fingerprint density at radius 3 is 1.50 bits per heavy atom. The van der Waals surface area contributed by atoms with Crippen molar-refractivity contribution in [3.63, 3.8) is 0 Å². The van der Waals surface area contributed by atoms with Crippen molar-refractivity contribution in [2.45, 2.75) is 51.9 Å². The molecule has 0 spiro atoms. The van der Waals surface area contributed by atoms with E-state index in [9.17, 15) is 0 Å². The van der Waals surface area contributed by atoms with Crippen LogP contribution >= 0.6 is 0 Å². The third-order valence-electron chi connectivity index (χ3n) is 3.97. The van der Waals surface area contributed by atoms with E-state index in [1.807, 2.05) is 12.9 Å². The molecule has 1 saturated carbocycles. The average Bonchev–Trinajstić information content (AvgIpc) is 2.66. The lowest BCUT2D eigenvalue weighted by molar-refractivity contribution is -0.0979. The summed E-state index contributed by atoms with van der Waals surface area (Å²) in [7, 11) is 0. The zero-order valence-corrected chi connectivity index (χ0v) is 13.8. The smallest absolute Gasteiger partial charge is 0.106 e. The maximum atomic E-state index is 8.00. The maximum Gasteiger partial charge on any atom is 0.106 e. The number of carbonyl (C=O) groups is 1. The summed E-state index contributed by atoms with van der Waals surface area (Å²) >= 11 is 0. The summed E-state index contributed by atoms with van der Waals surface area (Å²) in [5.41, 5.74) is 3.97. The van der Waals surface area contributed by atoms with Crippen LogP contribution in [0.15, 0.2) is 54.6 Å². The number of aryl methyl sites for hydroxylation is 1. The van der Waals surface area contributed by atoms with Crippen molar-refractivity contribution in [2.24, 2.45) is 0 Å². The van der Waals surface area contributed by atoms with Gasteiger partial charge >= 0.3 is 0 Å². The van der Waals surface area contributed by atoms with Crippen molar-refractivity contribution in [3.05, 3.63) is 60.2 Å². The molecule has 0 amide bonds. The van der Waals surface area contributed by atoms with E-state index in [-0.39, 0.29) is 0 Å². The highest BCUT2D eigenvalue weighted by Gasteiger charge is 1.96. The van der Waals surface area contributed by atoms with E-state index in [2.05, 4.69) is 55.5 Å². The number of carbonyl (C=O) groups excluding carboxylic acids is 1. The highest BCUT2D eigenvalue weighted by molar-refractivity contribution is 5.63. The van der Waals surface area contributed by atoms with Crippen LogP contribution in [-0.2, 0) is 11.2 Å². The van der Waals surface area contributed by atoms with Gasteiger partial charge in [0.25, 0.3) is 0 Å². The predicted octanol–water partition coefficient (Wildman–Crippen LogP) is 6.07. The fourth-order valence-electron chi connectivity index (χ4n) is 2.62. The summed E-state index contributed by atoms with van der Waals surface area (Å²) < 4.78 is 0. The molecule has 1 heteroatoms. The molecule has 1 aliphatic carbocycles. The normalized spacial score (nSPS) is 13.1. The molecule has 118 valence electrons. The Morgan fingerprint density at radius 2 is 1.09 bits per heavy atom. The van der Waals surface area contributed by atoms with Crippen molar-refractivity contribution in [2.75, 3.05) is 0 Å². The monoisotopic (exact) mass is 296 g/mol. The van der Waals surface area contributed by atoms with Crippen LogP contribution in [0.4, 0.5) is 0 Å². The van der Waals surface area contributed by atoms with Crippen LogP contribution < -0.4 is 0 Å². The Morgan fingerprint density at radius 1 is 0.682 bits per heavy atom. The molecule has 0 N–H and O–H groups in total. The minimum absolute atomic E-state index is 1.11. The lowest BCUT2D eigenvalue weighted by Crippen LogP contribution is -1.85. The molecule has 0 aromatic heterocycles. The van der Waals surface area contributed by atoms with Gasteiger partial charge in [-0.25, -0.2) is 0 Å². The van der Waals surface area contributed by atoms with E-state index in [4.69, 9.17) is 4.79 Å². The van der Waals surface area contributed by atoms with Crippen LogP contribution in [-0.4, -0.2) is 6.79 Å². The van der Waals surface area contributed by atoms with E-state index >= 15 is 0 Å². The predicted molar refractivity (Wildman–Crippen MR) is 96.1 cm³/mol. The molecule has 3 rings (SSSR count). The van der Waals surface area contributed by atoms with Gasteiger partial charge in [-0.1, -0.05) is 100 Å². The molecule has 2 aromatic carbocycles. The molecule has 1 fully saturated rings. The molecule has 0 aliphatic heterocycles. The summed E-state index contributed by atoms with van der Waals surface area (Å²) in [4.78, 5) is 8.00. The summed E-state index contributed by atoms with van der Waals surface area (Å²) in [5.74, 6) is 0. The first-order chi connectivity index (χ1) is 10.9. The molecule has 0 atom stereocenters. The van der Waals surface area contributed by atoms with Gasteiger partial charge in [-0.05, 0) is 23.1 Å². The second-order valence-corrected chi connectivity index (χ2v) is 5.54. The van der Waals surface area contributed by atoms with E-state index in [1.54, 1.807) is 0 Å². The Balaban J connectivity index is 0.000000253. The number of rotatable bonds is 2. The molecule has 1 aliphatic rings. The summed E-state index contributed by atoms with van der Waals surface area (Å²) in [6.07, 6.45) is 10.1. The standard InChI is InChI=1S/C14H14.C6H12.CH2O/c1-2-12-8-10-14(11-9-12)13-6-4-3-5-7-13;1-2-4-6-5-3-1;1-2/h3-11H,2H2,1H3;1-6H2;1H2. The topological polar surface area (TPSA) is 17.1 Å². The molecular weight excluding hydrogens is 268 g/mol. The Hall–Kier alpha value is -1.89. The third-order valence-corrected chi connectivity index (χ3v) is 3.97. The fraction of sp³-hybridized carbons (Fsp3) is 0.381. The molecule has 2 aromatic rings. The van der Waals surface area contributed by atoms with Crippen LogP contribution in [0.1, 0.15) is 51.0 Å². The first-order valence-corrected chi connectivity index (χ1v) is 8.33. The van der Waals surface area contributed by atoms with E-state index in [1.165, 1.54) is 55.2 Å². The summed E-state index contributed by atoms with van der Waals surface area (Å²) in [6, 6.07) is 19.2. The molecule has 0 heterocycles. The lowest BCUT2D eigenvalue weighted by Gasteiger charge is -2.05. The van der Waals surface area contributed by atoms with Gasteiger partial charge in [-0.15, -0.1) is 0 Å².